The molecule has 3 aliphatic rings. The van der Waals surface area contributed by atoms with E-state index in [9.17, 15) is 23.6 Å². The Hall–Kier alpha value is -4.06. The summed E-state index contributed by atoms with van der Waals surface area (Å²) in [6.45, 7) is 1.25. The summed E-state index contributed by atoms with van der Waals surface area (Å²) in [7, 11) is 0. The van der Waals surface area contributed by atoms with Crippen LogP contribution in [0.5, 0.6) is 0 Å². The third-order valence-electron chi connectivity index (χ3n) is 7.38. The molecule has 1 N–H and O–H groups in total. The summed E-state index contributed by atoms with van der Waals surface area (Å²) in [5.41, 5.74) is 3.15. The predicted octanol–water partition coefficient (Wildman–Crippen LogP) is 2.41. The van der Waals surface area contributed by atoms with Crippen molar-refractivity contribution in [1.29, 1.82) is 5.26 Å². The predicted molar refractivity (Wildman–Crippen MR) is 126 cm³/mol. The molecule has 0 bridgehead atoms. The van der Waals surface area contributed by atoms with E-state index in [1.807, 2.05) is 0 Å². The third-order valence-corrected chi connectivity index (χ3v) is 7.38. The van der Waals surface area contributed by atoms with Crippen molar-refractivity contribution >= 4 is 23.6 Å². The SMILES string of the molecule is N#Cc1ccc(CC(=O)N2CCC(c3cc(F)cc4c3CN(C3CCC(=O)NC3=O)C4=O)CC2)cc1. The Morgan fingerprint density at radius 2 is 1.81 bits per heavy atom. The summed E-state index contributed by atoms with van der Waals surface area (Å²) < 4.78 is 14.6. The van der Waals surface area contributed by atoms with Crippen LogP contribution in [0.2, 0.25) is 0 Å². The number of carbonyl (C=O) groups is 4. The standard InChI is InChI=1S/C27H25FN4O4/c28-19-12-20(22-15-32(27(36)21(22)13-19)23-5-6-24(33)30-26(23)35)18-7-9-31(10-8-18)25(34)11-16-1-3-17(14-29)4-2-16/h1-4,12-13,18,23H,5-11,15H2,(H,30,33,35). The highest BCUT2D eigenvalue weighted by Crippen LogP contribution is 2.37. The number of nitrogens with one attached hydrogen (secondary N) is 1. The summed E-state index contributed by atoms with van der Waals surface area (Å²) in [6.07, 6.45) is 1.94. The molecule has 0 aliphatic carbocycles. The van der Waals surface area contributed by atoms with Crippen LogP contribution in [0.25, 0.3) is 0 Å². The number of nitriles is 1. The number of likely N-dealkylation sites (tertiary alicyclic amines) is 1. The smallest absolute Gasteiger partial charge is 0.255 e. The third kappa shape index (κ3) is 4.47. The van der Waals surface area contributed by atoms with Gasteiger partial charge in [-0.2, -0.15) is 5.26 Å². The minimum atomic E-state index is -0.750. The second kappa shape index (κ2) is 9.53. The Morgan fingerprint density at radius 1 is 1.08 bits per heavy atom. The molecule has 184 valence electrons. The number of piperidine rings is 2. The molecule has 2 aromatic carbocycles. The molecule has 3 heterocycles. The van der Waals surface area contributed by atoms with E-state index in [0.717, 1.165) is 16.7 Å². The Bertz CT molecular complexity index is 1290. The van der Waals surface area contributed by atoms with Gasteiger partial charge in [0.2, 0.25) is 17.7 Å². The number of amides is 4. The Balaban J connectivity index is 1.27. The number of hydrogen-bond donors (Lipinski definition) is 1. The first-order chi connectivity index (χ1) is 17.3. The van der Waals surface area contributed by atoms with Crippen molar-refractivity contribution in [2.45, 2.75) is 50.6 Å². The Kier molecular flexibility index (Phi) is 6.27. The molecule has 0 spiro atoms. The first-order valence-corrected chi connectivity index (χ1v) is 12.1. The van der Waals surface area contributed by atoms with Crippen molar-refractivity contribution in [2.24, 2.45) is 0 Å². The van der Waals surface area contributed by atoms with Crippen LogP contribution in [-0.4, -0.2) is 52.6 Å². The number of halogens is 1. The van der Waals surface area contributed by atoms with Crippen molar-refractivity contribution in [3.05, 3.63) is 70.0 Å². The van der Waals surface area contributed by atoms with Gasteiger partial charge in [0.1, 0.15) is 11.9 Å². The first-order valence-electron chi connectivity index (χ1n) is 12.1. The summed E-state index contributed by atoms with van der Waals surface area (Å²) in [5.74, 6) is -1.75. The van der Waals surface area contributed by atoms with Gasteiger partial charge >= 0.3 is 0 Å². The molecule has 0 radical (unpaired) electrons. The molecule has 1 unspecified atom stereocenters. The van der Waals surface area contributed by atoms with Gasteiger partial charge in [-0.15, -0.1) is 0 Å². The summed E-state index contributed by atoms with van der Waals surface area (Å²) >= 11 is 0. The maximum Gasteiger partial charge on any atom is 0.255 e. The van der Waals surface area contributed by atoms with E-state index in [4.69, 9.17) is 5.26 Å². The average Bonchev–Trinajstić information content (AvgIpc) is 3.20. The van der Waals surface area contributed by atoms with Crippen molar-refractivity contribution in [3.63, 3.8) is 0 Å². The van der Waals surface area contributed by atoms with Crippen molar-refractivity contribution in [1.82, 2.24) is 15.1 Å². The fourth-order valence-electron chi connectivity index (χ4n) is 5.44. The lowest BCUT2D eigenvalue weighted by Gasteiger charge is -2.33. The molecule has 4 amide bonds. The number of carbonyl (C=O) groups excluding carboxylic acids is 4. The molecule has 5 rings (SSSR count). The zero-order valence-corrected chi connectivity index (χ0v) is 19.6. The molecule has 8 nitrogen and oxygen atoms in total. The van der Waals surface area contributed by atoms with E-state index in [-0.39, 0.29) is 49.1 Å². The molecule has 36 heavy (non-hydrogen) atoms. The van der Waals surface area contributed by atoms with Crippen molar-refractivity contribution in [3.8, 4) is 6.07 Å². The second-order valence-electron chi connectivity index (χ2n) is 9.56. The van der Waals surface area contributed by atoms with Gasteiger partial charge in [0.05, 0.1) is 18.1 Å². The maximum atomic E-state index is 14.6. The number of nitrogens with zero attached hydrogens (tertiary/aromatic N) is 3. The Labute approximate surface area is 207 Å². The highest BCUT2D eigenvalue weighted by Gasteiger charge is 2.41. The van der Waals surface area contributed by atoms with Crippen LogP contribution in [0.15, 0.2) is 36.4 Å². The van der Waals surface area contributed by atoms with E-state index in [1.165, 1.54) is 17.0 Å². The number of imide groups is 1. The van der Waals surface area contributed by atoms with Gasteiger partial charge in [-0.05, 0) is 66.1 Å². The molecule has 9 heteroatoms. The van der Waals surface area contributed by atoms with E-state index >= 15 is 0 Å². The highest BCUT2D eigenvalue weighted by atomic mass is 19.1. The molecular formula is C27H25FN4O4. The van der Waals surface area contributed by atoms with Gasteiger partial charge < -0.3 is 9.80 Å². The molecular weight excluding hydrogens is 463 g/mol. The number of fused-ring (bicyclic) bond motifs is 1. The normalized spacial score (nSPS) is 20.2. The van der Waals surface area contributed by atoms with Crippen LogP contribution in [0.1, 0.15) is 64.2 Å². The lowest BCUT2D eigenvalue weighted by molar-refractivity contribution is -0.137. The molecule has 0 aromatic heterocycles. The average molecular weight is 489 g/mol. The quantitative estimate of drug-likeness (QED) is 0.665. The van der Waals surface area contributed by atoms with Crippen LogP contribution in [0.4, 0.5) is 4.39 Å². The van der Waals surface area contributed by atoms with Crippen LogP contribution >= 0.6 is 0 Å². The van der Waals surface area contributed by atoms with E-state index in [2.05, 4.69) is 11.4 Å². The van der Waals surface area contributed by atoms with Gasteiger partial charge in [-0.3, -0.25) is 24.5 Å². The maximum absolute atomic E-state index is 14.6. The summed E-state index contributed by atoms with van der Waals surface area (Å²) in [4.78, 5) is 53.0. The fraction of sp³-hybridized carbons (Fsp3) is 0.370. The largest absolute Gasteiger partial charge is 0.342 e. The van der Waals surface area contributed by atoms with E-state index in [1.54, 1.807) is 29.2 Å². The number of rotatable bonds is 4. The second-order valence-corrected chi connectivity index (χ2v) is 9.56. The van der Waals surface area contributed by atoms with E-state index in [0.29, 0.717) is 31.5 Å². The molecule has 2 fully saturated rings. The van der Waals surface area contributed by atoms with Crippen LogP contribution in [0.3, 0.4) is 0 Å². The van der Waals surface area contributed by atoms with Gasteiger partial charge in [0, 0.05) is 31.6 Å². The fourth-order valence-corrected chi connectivity index (χ4v) is 5.44. The number of hydrogen-bond acceptors (Lipinski definition) is 5. The number of benzene rings is 2. The van der Waals surface area contributed by atoms with Gasteiger partial charge in [0.25, 0.3) is 5.91 Å². The van der Waals surface area contributed by atoms with Gasteiger partial charge in [0.15, 0.2) is 0 Å². The summed E-state index contributed by atoms with van der Waals surface area (Å²) in [5, 5.41) is 11.2. The lowest BCUT2D eigenvalue weighted by Crippen LogP contribution is -2.52. The molecule has 2 aromatic rings. The topological polar surface area (TPSA) is 111 Å². The van der Waals surface area contributed by atoms with E-state index < -0.39 is 23.7 Å². The van der Waals surface area contributed by atoms with Crippen LogP contribution < -0.4 is 5.32 Å². The van der Waals surface area contributed by atoms with Crippen LogP contribution in [-0.2, 0) is 27.3 Å². The zero-order chi connectivity index (χ0) is 25.4. The van der Waals surface area contributed by atoms with Crippen molar-refractivity contribution in [2.75, 3.05) is 13.1 Å². The lowest BCUT2D eigenvalue weighted by atomic mass is 9.85. The zero-order valence-electron chi connectivity index (χ0n) is 19.6. The monoisotopic (exact) mass is 488 g/mol. The van der Waals surface area contributed by atoms with Gasteiger partial charge in [-0.25, -0.2) is 4.39 Å². The molecule has 3 aliphatic heterocycles. The molecule has 0 saturated carbocycles. The minimum Gasteiger partial charge on any atom is -0.342 e. The molecule has 2 saturated heterocycles. The minimum absolute atomic E-state index is 0.00170. The first kappa shape index (κ1) is 23.7. The van der Waals surface area contributed by atoms with Crippen molar-refractivity contribution < 1.29 is 23.6 Å². The highest BCUT2D eigenvalue weighted by molar-refractivity contribution is 6.05. The van der Waals surface area contributed by atoms with Crippen LogP contribution in [0, 0.1) is 17.1 Å². The summed E-state index contributed by atoms with van der Waals surface area (Å²) in [6, 6.07) is 11.0. The Morgan fingerprint density at radius 3 is 2.47 bits per heavy atom. The van der Waals surface area contributed by atoms with Gasteiger partial charge in [-0.1, -0.05) is 12.1 Å². The molecule has 1 atom stereocenters.